The lowest BCUT2D eigenvalue weighted by Gasteiger charge is -2.11. The van der Waals surface area contributed by atoms with E-state index in [4.69, 9.17) is 5.41 Å². The third-order valence-electron chi connectivity index (χ3n) is 4.76. The number of pyridine rings is 2. The quantitative estimate of drug-likeness (QED) is 0.537. The summed E-state index contributed by atoms with van der Waals surface area (Å²) in [6.45, 7) is 2.34. The number of carbonyl (C=O) groups excluding carboxylic acids is 1. The number of aromatic nitrogens is 3. The smallest absolute Gasteiger partial charge is 0.267 e. The standard InChI is InChI=1S/C21H19N5O2/c1-13-6-8-14(9-7-13)12-23-20(27)15-11-16-19(25(2)18(15)22)24-17-5-3-4-10-26(17)21(16)28/h3-11,22H,12H2,1-2H3,(H,23,27). The normalized spacial score (nSPS) is 11.1. The van der Waals surface area contributed by atoms with Crippen molar-refractivity contribution in [1.29, 1.82) is 5.41 Å². The zero-order valence-corrected chi connectivity index (χ0v) is 15.6. The van der Waals surface area contributed by atoms with Gasteiger partial charge in [-0.2, -0.15) is 0 Å². The Hall–Kier alpha value is -3.74. The molecule has 4 aromatic rings. The molecule has 2 N–H and O–H groups in total. The first-order valence-electron chi connectivity index (χ1n) is 8.85. The van der Waals surface area contributed by atoms with Gasteiger partial charge in [-0.15, -0.1) is 0 Å². The van der Waals surface area contributed by atoms with Crippen LogP contribution in [0.3, 0.4) is 0 Å². The van der Waals surface area contributed by atoms with Gasteiger partial charge >= 0.3 is 0 Å². The number of carbonyl (C=O) groups is 1. The predicted octanol–water partition coefficient (Wildman–Crippen LogP) is 1.90. The minimum absolute atomic E-state index is 0.00101. The van der Waals surface area contributed by atoms with Crippen molar-refractivity contribution in [2.75, 3.05) is 0 Å². The molecule has 0 fully saturated rings. The number of hydrogen-bond acceptors (Lipinski definition) is 4. The number of fused-ring (bicyclic) bond motifs is 2. The number of amides is 1. The maximum atomic E-state index is 12.9. The lowest BCUT2D eigenvalue weighted by atomic mass is 10.1. The van der Waals surface area contributed by atoms with Gasteiger partial charge in [0.1, 0.15) is 16.8 Å². The Bertz CT molecular complexity index is 1330. The maximum Gasteiger partial charge on any atom is 0.267 e. The van der Waals surface area contributed by atoms with Gasteiger partial charge < -0.3 is 9.88 Å². The molecule has 1 amide bonds. The summed E-state index contributed by atoms with van der Waals surface area (Å²) in [4.78, 5) is 30.0. The van der Waals surface area contributed by atoms with E-state index in [0.29, 0.717) is 23.2 Å². The molecule has 7 heteroatoms. The van der Waals surface area contributed by atoms with Crippen molar-refractivity contribution < 1.29 is 4.79 Å². The molecule has 0 saturated heterocycles. The third kappa shape index (κ3) is 2.96. The van der Waals surface area contributed by atoms with Crippen molar-refractivity contribution in [2.24, 2.45) is 7.05 Å². The monoisotopic (exact) mass is 373 g/mol. The van der Waals surface area contributed by atoms with Crippen LogP contribution in [-0.2, 0) is 13.6 Å². The first kappa shape index (κ1) is 17.7. The molecule has 0 spiro atoms. The maximum absolute atomic E-state index is 12.9. The van der Waals surface area contributed by atoms with E-state index in [1.807, 2.05) is 31.2 Å². The van der Waals surface area contributed by atoms with Crippen LogP contribution in [0.15, 0.2) is 59.5 Å². The van der Waals surface area contributed by atoms with Gasteiger partial charge in [-0.3, -0.25) is 19.4 Å². The molecule has 0 aliphatic heterocycles. The fraction of sp³-hybridized carbons (Fsp3) is 0.143. The van der Waals surface area contributed by atoms with E-state index in [1.165, 1.54) is 15.0 Å². The summed E-state index contributed by atoms with van der Waals surface area (Å²) in [5, 5.41) is 11.5. The highest BCUT2D eigenvalue weighted by molar-refractivity contribution is 5.96. The molecule has 0 aliphatic rings. The van der Waals surface area contributed by atoms with Gasteiger partial charge in [-0.1, -0.05) is 35.9 Å². The SMILES string of the molecule is Cc1ccc(CNC(=O)c2cc3c(=O)n4ccccc4nc3n(C)c2=N)cc1. The highest BCUT2D eigenvalue weighted by atomic mass is 16.1. The van der Waals surface area contributed by atoms with E-state index in [2.05, 4.69) is 10.3 Å². The highest BCUT2D eigenvalue weighted by Crippen LogP contribution is 2.09. The van der Waals surface area contributed by atoms with Gasteiger partial charge in [0.2, 0.25) is 0 Å². The zero-order chi connectivity index (χ0) is 19.8. The summed E-state index contributed by atoms with van der Waals surface area (Å²) >= 11 is 0. The molecule has 140 valence electrons. The average Bonchev–Trinajstić information content (AvgIpc) is 2.70. The Balaban J connectivity index is 1.77. The van der Waals surface area contributed by atoms with Crippen molar-refractivity contribution >= 4 is 22.6 Å². The van der Waals surface area contributed by atoms with Crippen LogP contribution in [0.5, 0.6) is 0 Å². The average molecular weight is 373 g/mol. The van der Waals surface area contributed by atoms with Crippen molar-refractivity contribution in [2.45, 2.75) is 13.5 Å². The Morgan fingerprint density at radius 3 is 2.68 bits per heavy atom. The van der Waals surface area contributed by atoms with Crippen LogP contribution < -0.4 is 16.4 Å². The second-order valence-corrected chi connectivity index (χ2v) is 6.72. The summed E-state index contributed by atoms with van der Waals surface area (Å²) in [7, 11) is 1.63. The molecule has 0 atom stereocenters. The van der Waals surface area contributed by atoms with Gasteiger partial charge in [0.15, 0.2) is 0 Å². The first-order valence-corrected chi connectivity index (χ1v) is 8.85. The fourth-order valence-corrected chi connectivity index (χ4v) is 3.13. The minimum atomic E-state index is -0.402. The lowest BCUT2D eigenvalue weighted by molar-refractivity contribution is 0.0948. The van der Waals surface area contributed by atoms with Gasteiger partial charge in [-0.25, -0.2) is 4.98 Å². The number of hydrogen-bond donors (Lipinski definition) is 2. The predicted molar refractivity (Wildman–Crippen MR) is 106 cm³/mol. The molecule has 7 nitrogen and oxygen atoms in total. The Morgan fingerprint density at radius 2 is 1.93 bits per heavy atom. The van der Waals surface area contributed by atoms with Crippen molar-refractivity contribution in [3.8, 4) is 0 Å². The van der Waals surface area contributed by atoms with Crippen LogP contribution in [0.1, 0.15) is 21.5 Å². The number of aryl methyl sites for hydroxylation is 2. The summed E-state index contributed by atoms with van der Waals surface area (Å²) in [5.41, 5.74) is 2.83. The molecule has 4 rings (SSSR count). The molecular formula is C21H19N5O2. The van der Waals surface area contributed by atoms with E-state index >= 15 is 0 Å². The van der Waals surface area contributed by atoms with E-state index in [-0.39, 0.29) is 16.6 Å². The Morgan fingerprint density at radius 1 is 1.18 bits per heavy atom. The van der Waals surface area contributed by atoms with E-state index in [1.54, 1.807) is 31.4 Å². The second kappa shape index (κ2) is 6.77. The molecule has 0 bridgehead atoms. The number of rotatable bonds is 3. The van der Waals surface area contributed by atoms with Crippen molar-refractivity contribution in [1.82, 2.24) is 19.3 Å². The lowest BCUT2D eigenvalue weighted by Crippen LogP contribution is -2.33. The summed E-state index contributed by atoms with van der Waals surface area (Å²) < 4.78 is 2.89. The number of nitrogens with one attached hydrogen (secondary N) is 2. The van der Waals surface area contributed by atoms with Gasteiger partial charge in [0.05, 0.1) is 10.9 Å². The zero-order valence-electron chi connectivity index (χ0n) is 15.6. The molecule has 0 radical (unpaired) electrons. The molecule has 3 aromatic heterocycles. The highest BCUT2D eigenvalue weighted by Gasteiger charge is 2.15. The molecule has 28 heavy (non-hydrogen) atoms. The van der Waals surface area contributed by atoms with Crippen LogP contribution >= 0.6 is 0 Å². The van der Waals surface area contributed by atoms with E-state index < -0.39 is 5.91 Å². The van der Waals surface area contributed by atoms with Crippen LogP contribution in [0, 0.1) is 12.3 Å². The van der Waals surface area contributed by atoms with Crippen LogP contribution in [0.4, 0.5) is 0 Å². The molecule has 3 heterocycles. The topological polar surface area (TPSA) is 92.2 Å². The van der Waals surface area contributed by atoms with E-state index in [9.17, 15) is 9.59 Å². The number of benzene rings is 1. The van der Waals surface area contributed by atoms with Gasteiger partial charge in [0.25, 0.3) is 11.5 Å². The van der Waals surface area contributed by atoms with Crippen LogP contribution in [0.25, 0.3) is 16.7 Å². The Labute approximate surface area is 160 Å². The molecular weight excluding hydrogens is 354 g/mol. The van der Waals surface area contributed by atoms with Gasteiger partial charge in [-0.05, 0) is 30.7 Å². The van der Waals surface area contributed by atoms with Crippen molar-refractivity contribution in [3.05, 3.63) is 87.3 Å². The largest absolute Gasteiger partial charge is 0.348 e. The first-order chi connectivity index (χ1) is 13.5. The van der Waals surface area contributed by atoms with Gasteiger partial charge in [0, 0.05) is 19.8 Å². The van der Waals surface area contributed by atoms with E-state index in [0.717, 1.165) is 11.1 Å². The third-order valence-corrected chi connectivity index (χ3v) is 4.76. The summed E-state index contributed by atoms with van der Waals surface area (Å²) in [5.74, 6) is -0.402. The minimum Gasteiger partial charge on any atom is -0.348 e. The molecule has 0 unspecified atom stereocenters. The molecule has 0 saturated carbocycles. The number of nitrogens with zero attached hydrogens (tertiary/aromatic N) is 3. The second-order valence-electron chi connectivity index (χ2n) is 6.72. The van der Waals surface area contributed by atoms with Crippen LogP contribution in [-0.4, -0.2) is 19.9 Å². The molecule has 0 aliphatic carbocycles. The summed E-state index contributed by atoms with van der Waals surface area (Å²) in [6.07, 6.45) is 1.63. The summed E-state index contributed by atoms with van der Waals surface area (Å²) in [6, 6.07) is 14.6. The van der Waals surface area contributed by atoms with Crippen LogP contribution in [0.2, 0.25) is 0 Å². The fourth-order valence-electron chi connectivity index (χ4n) is 3.13. The Kier molecular flexibility index (Phi) is 4.27. The molecule has 1 aromatic carbocycles. The van der Waals surface area contributed by atoms with Crippen molar-refractivity contribution in [3.63, 3.8) is 0 Å².